The maximum atomic E-state index is 6.50. The second-order valence-electron chi connectivity index (χ2n) is 30.9. The van der Waals surface area contributed by atoms with Gasteiger partial charge in [-0.05, 0) is 195 Å². The molecule has 0 spiro atoms. The molecular formula is C107H80Br2Cl3N21. The SMILES string of the molecule is Brc1ccc(-c2nc(-c3ccccc3)nc(-c3ccccc3)n2)cc1.Cc1nc(C)nc(-c2ccc(Br)cc2)n1.Clc1nc(-n2c3ccccc3c3ccccc32)nc(-n2c3ccccc3c3ccccc32)n1.Clc1nc(N(c2ccccc2)c2ccccc2)nc(N(c2ccccc2)c2ccccc2)n1.Clc1nc(N2CCCc3ccccc32)nc(N2CCCc3ccccc32)n1. The van der Waals surface area contributed by atoms with E-state index >= 15 is 0 Å². The average molecular weight is 1930 g/mol. The van der Waals surface area contributed by atoms with Crippen molar-refractivity contribution in [3.63, 3.8) is 0 Å². The minimum Gasteiger partial charge on any atom is -0.310 e. The molecule has 14 aromatic carbocycles. The lowest BCUT2D eigenvalue weighted by atomic mass is 10.0. The largest absolute Gasteiger partial charge is 0.310 e. The molecule has 0 fully saturated rings. The zero-order valence-corrected chi connectivity index (χ0v) is 77.3. The van der Waals surface area contributed by atoms with Crippen molar-refractivity contribution in [3.05, 3.63) is 424 Å². The van der Waals surface area contributed by atoms with Crippen LogP contribution in [-0.2, 0) is 12.8 Å². The summed E-state index contributed by atoms with van der Waals surface area (Å²) in [6, 6.07) is 126. The summed E-state index contributed by atoms with van der Waals surface area (Å²) >= 11 is 26.2. The van der Waals surface area contributed by atoms with Crippen molar-refractivity contribution in [1.82, 2.24) is 83.9 Å². The third-order valence-electron chi connectivity index (χ3n) is 22.2. The van der Waals surface area contributed by atoms with Gasteiger partial charge in [0.1, 0.15) is 11.6 Å². The number of rotatable bonds is 14. The van der Waals surface area contributed by atoms with Gasteiger partial charge in [-0.1, -0.05) is 299 Å². The Balaban J connectivity index is 0.000000109. The summed E-state index contributed by atoms with van der Waals surface area (Å²) in [4.78, 5) is 76.7. The van der Waals surface area contributed by atoms with Gasteiger partial charge in [0.15, 0.2) is 23.3 Å². The van der Waals surface area contributed by atoms with E-state index in [4.69, 9.17) is 59.7 Å². The van der Waals surface area contributed by atoms with Crippen molar-refractivity contribution in [1.29, 1.82) is 0 Å². The fourth-order valence-corrected chi connectivity index (χ4v) is 17.3. The van der Waals surface area contributed by atoms with Gasteiger partial charge < -0.3 is 9.80 Å². The number of halogens is 5. The lowest BCUT2D eigenvalue weighted by molar-refractivity contribution is 0.730. The zero-order chi connectivity index (χ0) is 90.5. The highest BCUT2D eigenvalue weighted by atomic mass is 79.9. The third-order valence-corrected chi connectivity index (χ3v) is 23.8. The predicted octanol–water partition coefficient (Wildman–Crippen LogP) is 27.4. The van der Waals surface area contributed by atoms with Crippen LogP contribution in [0.1, 0.15) is 35.6 Å². The van der Waals surface area contributed by atoms with Crippen LogP contribution < -0.4 is 19.6 Å². The van der Waals surface area contributed by atoms with Gasteiger partial charge in [-0.2, -0.15) is 44.9 Å². The predicted molar refractivity (Wildman–Crippen MR) is 542 cm³/mol. The molecule has 0 amide bonds. The van der Waals surface area contributed by atoms with Gasteiger partial charge in [0.2, 0.25) is 51.5 Å². The van der Waals surface area contributed by atoms with Crippen molar-refractivity contribution in [2.45, 2.75) is 39.5 Å². The van der Waals surface area contributed by atoms with E-state index in [1.54, 1.807) is 0 Å². The maximum absolute atomic E-state index is 6.50. The summed E-state index contributed by atoms with van der Waals surface area (Å²) in [6.45, 7) is 5.51. The van der Waals surface area contributed by atoms with Crippen LogP contribution in [0.4, 0.5) is 57.9 Å². The van der Waals surface area contributed by atoms with Gasteiger partial charge in [-0.25, -0.2) is 29.9 Å². The number of benzene rings is 14. The average Bonchev–Trinajstić information content (AvgIpc) is 1.59. The molecule has 21 aromatic rings. The van der Waals surface area contributed by atoms with Crippen LogP contribution in [0.25, 0.3) is 101 Å². The van der Waals surface area contributed by atoms with Crippen molar-refractivity contribution < 1.29 is 0 Å². The number of aryl methyl sites for hydroxylation is 4. The van der Waals surface area contributed by atoms with E-state index in [0.717, 1.165) is 165 Å². The quantitative estimate of drug-likeness (QED) is 0.0989. The highest BCUT2D eigenvalue weighted by Crippen LogP contribution is 2.41. The number of hydrogen-bond acceptors (Lipinski definition) is 19. The van der Waals surface area contributed by atoms with Crippen molar-refractivity contribution in [2.75, 3.05) is 32.7 Å². The molecule has 0 bridgehead atoms. The Bertz CT molecular complexity index is 7080. The number of para-hydroxylation sites is 10. The van der Waals surface area contributed by atoms with E-state index in [-0.39, 0.29) is 15.9 Å². The summed E-state index contributed by atoms with van der Waals surface area (Å²) in [5.74, 6) is 7.33. The van der Waals surface area contributed by atoms with E-state index in [9.17, 15) is 0 Å². The van der Waals surface area contributed by atoms with Gasteiger partial charge in [0, 0.05) is 100.0 Å². The fraction of sp³-hybridized carbons (Fsp3) is 0.0748. The summed E-state index contributed by atoms with van der Waals surface area (Å²) in [7, 11) is 0. The van der Waals surface area contributed by atoms with Crippen LogP contribution in [0.15, 0.2) is 385 Å². The highest BCUT2D eigenvalue weighted by Gasteiger charge is 2.28. The fourth-order valence-electron chi connectivity index (χ4n) is 16.3. The molecule has 648 valence electrons. The summed E-state index contributed by atoms with van der Waals surface area (Å²) < 4.78 is 6.18. The molecule has 0 radical (unpaired) electrons. The van der Waals surface area contributed by atoms with Crippen LogP contribution in [0.2, 0.25) is 15.9 Å². The number of aromatic nitrogens is 17. The molecule has 0 atom stereocenters. The molecule has 0 unspecified atom stereocenters. The second kappa shape index (κ2) is 40.4. The van der Waals surface area contributed by atoms with Gasteiger partial charge >= 0.3 is 0 Å². The lowest BCUT2D eigenvalue weighted by Crippen LogP contribution is -2.29. The standard InChI is InChI=1S/C27H16ClN5.C27H20ClN5.C21H14BrN3.C21H20ClN5.C11H10BrN3/c28-25-29-26(32-21-13-5-1-9-17(21)18-10-2-6-14-22(18)32)31-27(30-25)33-23-15-7-3-11-19(23)20-12-4-8-16-24(20)33;28-25-29-26(32(21-13-5-1-6-14-21)22-15-7-2-8-16-22)31-27(30-25)33(23-17-9-3-10-18-23)24-19-11-4-12-20-24;22-18-13-11-17(12-14-18)21-24-19(15-7-3-1-4-8-15)23-20(25-21)16-9-5-2-6-10-16;22-19-23-20(26-13-5-9-15-7-1-3-11-17(15)26)25-21(24-19)27-14-6-10-16-8-2-4-12-18(16)27;1-7-13-8(2)15-11(14-7)9-3-5-10(12)6-4-9/h1-16H;1-20H;1-14H;1-4,7-8,11-12H,5-6,9-10,13-14H2;3-6H,1-2H3. The molecule has 26 heteroatoms. The number of nitrogens with zero attached hydrogens (tertiary/aromatic N) is 21. The number of anilines is 10. The molecule has 0 N–H and O–H groups in total. The van der Waals surface area contributed by atoms with Gasteiger partial charge in [0.25, 0.3) is 0 Å². The maximum Gasteiger partial charge on any atom is 0.240 e. The van der Waals surface area contributed by atoms with Crippen LogP contribution in [0.5, 0.6) is 0 Å². The third kappa shape index (κ3) is 19.8. The van der Waals surface area contributed by atoms with E-state index in [2.05, 4.69) is 198 Å². The normalized spacial score (nSPS) is 12.0. The summed E-state index contributed by atoms with van der Waals surface area (Å²) in [6.07, 6.45) is 4.31. The molecule has 21 nitrogen and oxygen atoms in total. The monoisotopic (exact) mass is 1920 g/mol. The van der Waals surface area contributed by atoms with Crippen LogP contribution in [-0.4, -0.2) is 97.0 Å². The molecule has 133 heavy (non-hydrogen) atoms. The minimum atomic E-state index is 0.115. The lowest BCUT2D eigenvalue weighted by Gasteiger charge is -2.32. The number of hydrogen-bond donors (Lipinski definition) is 0. The minimum absolute atomic E-state index is 0.115. The molecule has 2 aliphatic rings. The summed E-state index contributed by atoms with van der Waals surface area (Å²) in [5.41, 5.74) is 16.7. The van der Waals surface area contributed by atoms with Crippen LogP contribution in [0.3, 0.4) is 0 Å². The van der Waals surface area contributed by atoms with Crippen molar-refractivity contribution >= 4 is 168 Å². The molecule has 2 aliphatic heterocycles. The first-order valence-corrected chi connectivity index (χ1v) is 45.9. The Morgan fingerprint density at radius 2 is 0.519 bits per heavy atom. The smallest absolute Gasteiger partial charge is 0.240 e. The molecule has 0 aliphatic carbocycles. The van der Waals surface area contributed by atoms with Crippen LogP contribution in [0, 0.1) is 13.8 Å². The molecule has 7 aromatic heterocycles. The number of fused-ring (bicyclic) bond motifs is 8. The van der Waals surface area contributed by atoms with Crippen molar-refractivity contribution in [3.8, 4) is 57.4 Å². The first kappa shape index (κ1) is 87.1. The first-order chi connectivity index (χ1) is 65.3. The van der Waals surface area contributed by atoms with Gasteiger partial charge in [0.05, 0.1) is 22.1 Å². The zero-order valence-electron chi connectivity index (χ0n) is 71.8. The second-order valence-corrected chi connectivity index (χ2v) is 33.8. The molecule has 0 saturated carbocycles. The Hall–Kier alpha value is -15.2. The Kier molecular flexibility index (Phi) is 26.5. The molecular weight excluding hydrogens is 1850 g/mol. The first-order valence-electron chi connectivity index (χ1n) is 43.1. The van der Waals surface area contributed by atoms with Crippen molar-refractivity contribution in [2.24, 2.45) is 0 Å². The Morgan fingerprint density at radius 3 is 0.865 bits per heavy atom. The molecule has 0 saturated heterocycles. The van der Waals surface area contributed by atoms with Crippen LogP contribution >= 0.6 is 66.7 Å². The Labute approximate surface area is 799 Å². The Morgan fingerprint density at radius 1 is 0.248 bits per heavy atom. The molecule has 9 heterocycles. The topological polar surface area (TPSA) is 216 Å². The van der Waals surface area contributed by atoms with E-state index in [1.165, 1.54) is 11.1 Å². The van der Waals surface area contributed by atoms with E-state index in [0.29, 0.717) is 53.2 Å². The van der Waals surface area contributed by atoms with E-state index < -0.39 is 0 Å². The highest BCUT2D eigenvalue weighted by molar-refractivity contribution is 9.10. The van der Waals surface area contributed by atoms with E-state index in [1.807, 2.05) is 303 Å². The van der Waals surface area contributed by atoms with Gasteiger partial charge in [-0.15, -0.1) is 0 Å². The summed E-state index contributed by atoms with van der Waals surface area (Å²) in [5, 5.41) is 5.07. The molecule has 23 rings (SSSR count). The van der Waals surface area contributed by atoms with Gasteiger partial charge in [-0.3, -0.25) is 18.9 Å².